The Labute approximate surface area is 299 Å². The molecule has 4 aromatic carbocycles. The van der Waals surface area contributed by atoms with Gasteiger partial charge in [-0.05, 0) is 113 Å². The van der Waals surface area contributed by atoms with E-state index in [-0.39, 0.29) is 21.7 Å². The summed E-state index contributed by atoms with van der Waals surface area (Å²) in [6.07, 6.45) is 0. The molecule has 0 unspecified atom stereocenters. The molecule has 0 heterocycles. The highest BCUT2D eigenvalue weighted by Gasteiger charge is 2.32. The summed E-state index contributed by atoms with van der Waals surface area (Å²) >= 11 is 12.4. The Morgan fingerprint density at radius 3 is 0.766 bits per heavy atom. The van der Waals surface area contributed by atoms with Crippen LogP contribution in [-0.2, 0) is 21.7 Å². The summed E-state index contributed by atoms with van der Waals surface area (Å²) in [5.74, 6) is 0. The molecule has 0 saturated carbocycles. The molecule has 3 heteroatoms. The Morgan fingerprint density at radius 2 is 0.574 bits per heavy atom. The maximum Gasteiger partial charge on any atom is 0.0510 e. The predicted molar refractivity (Wildman–Crippen MR) is 216 cm³/mol. The molecular weight excluding hydrogens is 625 g/mol. The molecule has 0 N–H and O–H groups in total. The van der Waals surface area contributed by atoms with Crippen LogP contribution in [0, 0.1) is 0 Å². The number of rotatable bonds is 2. The largest absolute Gasteiger partial charge is 0.136 e. The number of thiol groups is 2. The van der Waals surface area contributed by atoms with Crippen LogP contribution in [0.1, 0.15) is 128 Å². The quantitative estimate of drug-likeness (QED) is 0.172. The fraction of sp³-hybridized carbons (Fsp3) is 0.364. The number of hydrogen-bond acceptors (Lipinski definition) is 3. The zero-order chi connectivity index (χ0) is 34.4. The van der Waals surface area contributed by atoms with Crippen molar-refractivity contribution in [2.75, 3.05) is 0 Å². The second-order valence-corrected chi connectivity index (χ2v) is 20.0. The smallest absolute Gasteiger partial charge is 0.0510 e. The van der Waals surface area contributed by atoms with Crippen molar-refractivity contribution in [3.05, 3.63) is 126 Å². The molecule has 2 aliphatic rings. The molecular formula is C44H50S3. The molecule has 0 saturated heterocycles. The number of hydrogen-bond donors (Lipinski definition) is 2. The topological polar surface area (TPSA) is 0 Å². The van der Waals surface area contributed by atoms with E-state index < -0.39 is 0 Å². The molecule has 0 nitrogen and oxygen atoms in total. The van der Waals surface area contributed by atoms with Crippen LogP contribution < -0.4 is 0 Å². The minimum Gasteiger partial charge on any atom is -0.136 e. The average Bonchev–Trinajstić information content (AvgIpc) is 3.46. The van der Waals surface area contributed by atoms with Gasteiger partial charge in [0.1, 0.15) is 0 Å². The third kappa shape index (κ3) is 6.22. The highest BCUT2D eigenvalue weighted by Crippen LogP contribution is 2.55. The molecule has 244 valence electrons. The Hall–Kier alpha value is -2.59. The normalized spacial score (nSPS) is 14.2. The van der Waals surface area contributed by atoms with Gasteiger partial charge < -0.3 is 0 Å². The molecule has 0 aromatic heterocycles. The van der Waals surface area contributed by atoms with E-state index in [1.54, 1.807) is 11.8 Å². The monoisotopic (exact) mass is 674 g/mol. The van der Waals surface area contributed by atoms with Crippen LogP contribution in [0.15, 0.2) is 81.3 Å². The van der Waals surface area contributed by atoms with Crippen LogP contribution in [0.2, 0.25) is 0 Å². The van der Waals surface area contributed by atoms with E-state index >= 15 is 0 Å². The molecule has 4 aromatic rings. The standard InChI is InChI=1S/C44H50S3/c1-41(2,3)25-13-17-29-30-18-14-26(42(4,5)6)22-34(30)37(33(29)21-25)39(45)47-40(46)38-35-23-27(43(7,8)9)15-19-31(35)32-20-16-28(24-36(32)38)44(10,11)12/h13-24,45-46H,1-12H3. The van der Waals surface area contributed by atoms with E-state index in [1.807, 2.05) is 0 Å². The molecule has 0 radical (unpaired) electrons. The van der Waals surface area contributed by atoms with Crippen LogP contribution in [0.5, 0.6) is 0 Å². The van der Waals surface area contributed by atoms with Gasteiger partial charge in [0.25, 0.3) is 0 Å². The van der Waals surface area contributed by atoms with Crippen molar-refractivity contribution in [2.24, 2.45) is 0 Å². The highest BCUT2D eigenvalue weighted by atomic mass is 32.2. The van der Waals surface area contributed by atoms with E-state index in [9.17, 15) is 0 Å². The van der Waals surface area contributed by atoms with Gasteiger partial charge in [-0.25, -0.2) is 0 Å². The van der Waals surface area contributed by atoms with Gasteiger partial charge >= 0.3 is 0 Å². The summed E-state index contributed by atoms with van der Waals surface area (Å²) < 4.78 is 1.96. The lowest BCUT2D eigenvalue weighted by Gasteiger charge is -2.21. The SMILES string of the molecule is CC(C)(C)c1ccc2c(c1)C(=C(S)SC(S)=C1c3cc(C(C)(C)C)ccc3-c3ccc(C(C)(C)C)cc31)c1cc(C(C)(C)C)ccc1-2. The molecule has 2 aliphatic carbocycles. The first-order valence-electron chi connectivity index (χ1n) is 16.8. The third-order valence-electron chi connectivity index (χ3n) is 9.82. The summed E-state index contributed by atoms with van der Waals surface area (Å²) in [4.78, 5) is 0. The van der Waals surface area contributed by atoms with Crippen molar-refractivity contribution in [2.45, 2.75) is 105 Å². The van der Waals surface area contributed by atoms with Crippen molar-refractivity contribution in [1.29, 1.82) is 0 Å². The van der Waals surface area contributed by atoms with Crippen molar-refractivity contribution >= 4 is 48.2 Å². The van der Waals surface area contributed by atoms with Crippen molar-refractivity contribution in [3.63, 3.8) is 0 Å². The first-order chi connectivity index (χ1) is 21.7. The summed E-state index contributed by atoms with van der Waals surface area (Å²) in [7, 11) is 0. The van der Waals surface area contributed by atoms with Crippen LogP contribution in [0.3, 0.4) is 0 Å². The fourth-order valence-corrected chi connectivity index (χ4v) is 8.83. The zero-order valence-corrected chi connectivity index (χ0v) is 32.8. The van der Waals surface area contributed by atoms with Crippen molar-refractivity contribution in [1.82, 2.24) is 0 Å². The lowest BCUT2D eigenvalue weighted by molar-refractivity contribution is 0.590. The van der Waals surface area contributed by atoms with Gasteiger partial charge in [-0.2, -0.15) is 0 Å². The zero-order valence-electron chi connectivity index (χ0n) is 30.2. The predicted octanol–water partition coefficient (Wildman–Crippen LogP) is 13.6. The Balaban J connectivity index is 1.59. The second kappa shape index (κ2) is 11.5. The van der Waals surface area contributed by atoms with Gasteiger partial charge in [0.05, 0.1) is 8.47 Å². The van der Waals surface area contributed by atoms with Crippen LogP contribution in [0.25, 0.3) is 33.4 Å². The molecule has 47 heavy (non-hydrogen) atoms. The van der Waals surface area contributed by atoms with Crippen LogP contribution >= 0.6 is 37.0 Å². The summed E-state index contributed by atoms with van der Waals surface area (Å²) in [5.41, 5.74) is 18.1. The Bertz CT molecular complexity index is 1710. The maximum absolute atomic E-state index is 5.35. The van der Waals surface area contributed by atoms with E-state index in [0.717, 1.165) is 8.47 Å². The molecule has 0 aliphatic heterocycles. The van der Waals surface area contributed by atoms with E-state index in [1.165, 1.54) is 77.9 Å². The van der Waals surface area contributed by atoms with Gasteiger partial charge in [-0.3, -0.25) is 0 Å². The third-order valence-corrected chi connectivity index (χ3v) is 11.6. The average molecular weight is 675 g/mol. The first-order valence-corrected chi connectivity index (χ1v) is 18.5. The maximum atomic E-state index is 5.35. The molecule has 0 spiro atoms. The number of fused-ring (bicyclic) bond motifs is 6. The molecule has 6 rings (SSSR count). The van der Waals surface area contributed by atoms with Gasteiger partial charge in [0, 0.05) is 11.1 Å². The van der Waals surface area contributed by atoms with Crippen LogP contribution in [0.4, 0.5) is 0 Å². The van der Waals surface area contributed by atoms with E-state index in [2.05, 4.69) is 156 Å². The van der Waals surface area contributed by atoms with Crippen molar-refractivity contribution < 1.29 is 0 Å². The minimum atomic E-state index is 0.0405. The summed E-state index contributed by atoms with van der Waals surface area (Å²) in [5, 5.41) is 0. The van der Waals surface area contributed by atoms with Crippen molar-refractivity contribution in [3.8, 4) is 22.3 Å². The van der Waals surface area contributed by atoms with E-state index in [4.69, 9.17) is 25.3 Å². The summed E-state index contributed by atoms with van der Waals surface area (Å²) in [6, 6.07) is 28.0. The fourth-order valence-electron chi connectivity index (χ4n) is 6.75. The number of thioether (sulfide) groups is 1. The van der Waals surface area contributed by atoms with Crippen LogP contribution in [-0.4, -0.2) is 0 Å². The molecule has 0 amide bonds. The summed E-state index contributed by atoms with van der Waals surface area (Å²) in [6.45, 7) is 27.5. The molecule has 0 bridgehead atoms. The van der Waals surface area contributed by atoms with Gasteiger partial charge in [-0.15, -0.1) is 25.3 Å². The lowest BCUT2D eigenvalue weighted by Crippen LogP contribution is -2.11. The van der Waals surface area contributed by atoms with Gasteiger partial charge in [0.2, 0.25) is 0 Å². The van der Waals surface area contributed by atoms with Gasteiger partial charge in [0.15, 0.2) is 0 Å². The lowest BCUT2D eigenvalue weighted by atomic mass is 9.85. The molecule has 0 atom stereocenters. The van der Waals surface area contributed by atoms with Gasteiger partial charge in [-0.1, -0.05) is 143 Å². The number of benzene rings is 4. The first kappa shape index (κ1) is 34.3. The Morgan fingerprint density at radius 1 is 0.362 bits per heavy atom. The second-order valence-electron chi connectivity index (χ2n) is 17.5. The minimum absolute atomic E-state index is 0.0405. The highest BCUT2D eigenvalue weighted by molar-refractivity contribution is 8.25. The molecule has 0 fully saturated rings. The Kier molecular flexibility index (Phi) is 8.38. The van der Waals surface area contributed by atoms with E-state index in [0.29, 0.717) is 0 Å².